The number of benzene rings is 1. The normalized spacial score (nSPS) is 14.6. The maximum atomic E-state index is 2.31. The van der Waals surface area contributed by atoms with E-state index in [2.05, 4.69) is 60.2 Å². The van der Waals surface area contributed by atoms with Gasteiger partial charge in [0.1, 0.15) is 0 Å². The summed E-state index contributed by atoms with van der Waals surface area (Å²) in [6.07, 6.45) is 9.97. The molecule has 0 aliphatic heterocycles. The Kier molecular flexibility index (Phi) is 1.60. The molecule has 0 saturated carbocycles. The topological polar surface area (TPSA) is 4.93 Å². The van der Waals surface area contributed by atoms with E-state index in [0.29, 0.717) is 0 Å². The van der Waals surface area contributed by atoms with Gasteiger partial charge in [-0.25, -0.2) is 0 Å². The average molecular weight is 219 g/mol. The number of hydrogen-bond donors (Lipinski definition) is 0. The lowest BCUT2D eigenvalue weighted by Gasteiger charge is -2.04. The van der Waals surface area contributed by atoms with Crippen LogP contribution in [-0.2, 0) is 13.5 Å². The fraction of sp³-hybridized carbons (Fsp3) is 0.125. The van der Waals surface area contributed by atoms with Crippen LogP contribution in [0.15, 0.2) is 36.4 Å². The van der Waals surface area contributed by atoms with E-state index in [0.717, 1.165) is 6.42 Å². The third kappa shape index (κ3) is 1.04. The van der Waals surface area contributed by atoms with E-state index >= 15 is 0 Å². The Hall–Kier alpha value is -2.02. The van der Waals surface area contributed by atoms with Gasteiger partial charge in [0.2, 0.25) is 0 Å². The monoisotopic (exact) mass is 219 g/mol. The molecule has 0 N–H and O–H groups in total. The van der Waals surface area contributed by atoms with Crippen molar-refractivity contribution in [3.63, 3.8) is 0 Å². The van der Waals surface area contributed by atoms with Crippen molar-refractivity contribution in [3.05, 3.63) is 58.2 Å². The Morgan fingerprint density at radius 1 is 1.12 bits per heavy atom. The standard InChI is InChI=1S/C16H13N/c1-17-14-9-5-4-8-13(14)16-12-7-3-2-6-11(12)10-15(16)17/h2-7,9-10H,8H2,1H3. The molecule has 4 rings (SSSR count). The van der Waals surface area contributed by atoms with Crippen LogP contribution in [0.4, 0.5) is 0 Å². The van der Waals surface area contributed by atoms with Gasteiger partial charge >= 0.3 is 0 Å². The summed E-state index contributed by atoms with van der Waals surface area (Å²) >= 11 is 0. The van der Waals surface area contributed by atoms with E-state index in [1.54, 1.807) is 0 Å². The molecule has 0 atom stereocenters. The summed E-state index contributed by atoms with van der Waals surface area (Å²) in [6.45, 7) is 0. The van der Waals surface area contributed by atoms with Crippen molar-refractivity contribution in [1.82, 2.24) is 4.57 Å². The summed E-state index contributed by atoms with van der Waals surface area (Å²) in [5, 5.41) is 2.72. The van der Waals surface area contributed by atoms with Crippen molar-refractivity contribution in [1.29, 1.82) is 0 Å². The summed E-state index contributed by atoms with van der Waals surface area (Å²) < 4.78 is 2.31. The molecule has 1 heterocycles. The zero-order valence-electron chi connectivity index (χ0n) is 9.77. The summed E-state index contributed by atoms with van der Waals surface area (Å²) in [5.74, 6) is 0. The highest BCUT2D eigenvalue weighted by atomic mass is 14.9. The molecule has 1 aromatic carbocycles. The van der Waals surface area contributed by atoms with Crippen LogP contribution in [0.2, 0.25) is 0 Å². The van der Waals surface area contributed by atoms with Crippen LogP contribution in [0.5, 0.6) is 0 Å². The molecule has 1 nitrogen and oxygen atoms in total. The quantitative estimate of drug-likeness (QED) is 0.542. The number of hydrogen-bond acceptors (Lipinski definition) is 0. The SMILES string of the molecule is Cn1c2c(c3c1=Cc1ccccc1-3)CC=CC=2. The maximum Gasteiger partial charge on any atom is 0.0498 e. The first-order chi connectivity index (χ1) is 8.36. The molecule has 0 bridgehead atoms. The van der Waals surface area contributed by atoms with Crippen LogP contribution in [0.1, 0.15) is 11.1 Å². The largest absolute Gasteiger partial charge is 0.344 e. The third-order valence-electron chi connectivity index (χ3n) is 3.82. The Bertz CT molecular complexity index is 773. The summed E-state index contributed by atoms with van der Waals surface area (Å²) in [4.78, 5) is 0. The molecule has 0 radical (unpaired) electrons. The number of fused-ring (bicyclic) bond motifs is 5. The fourth-order valence-electron chi connectivity index (χ4n) is 3.01. The lowest BCUT2D eigenvalue weighted by Crippen LogP contribution is -2.24. The molecular weight excluding hydrogens is 206 g/mol. The highest BCUT2D eigenvalue weighted by Crippen LogP contribution is 2.28. The predicted molar refractivity (Wildman–Crippen MR) is 71.0 cm³/mol. The van der Waals surface area contributed by atoms with Gasteiger partial charge in [-0.2, -0.15) is 0 Å². The van der Waals surface area contributed by atoms with Crippen molar-refractivity contribution in [2.45, 2.75) is 6.42 Å². The van der Waals surface area contributed by atoms with Gasteiger partial charge in [-0.15, -0.1) is 0 Å². The van der Waals surface area contributed by atoms with Gasteiger partial charge in [0.15, 0.2) is 0 Å². The first-order valence-corrected chi connectivity index (χ1v) is 6.02. The minimum Gasteiger partial charge on any atom is -0.344 e. The van der Waals surface area contributed by atoms with Gasteiger partial charge in [0.05, 0.1) is 0 Å². The van der Waals surface area contributed by atoms with E-state index in [4.69, 9.17) is 0 Å². The zero-order valence-corrected chi connectivity index (χ0v) is 9.77. The zero-order chi connectivity index (χ0) is 11.4. The third-order valence-corrected chi connectivity index (χ3v) is 3.82. The van der Waals surface area contributed by atoms with Crippen molar-refractivity contribution >= 4 is 12.2 Å². The van der Waals surface area contributed by atoms with Crippen LogP contribution in [0, 0.1) is 0 Å². The second-order valence-corrected chi connectivity index (χ2v) is 4.71. The summed E-state index contributed by atoms with van der Waals surface area (Å²) in [5.41, 5.74) is 5.67. The maximum absolute atomic E-state index is 2.31. The molecule has 2 aliphatic rings. The van der Waals surface area contributed by atoms with Gasteiger partial charge in [-0.3, -0.25) is 0 Å². The minimum absolute atomic E-state index is 1.05. The van der Waals surface area contributed by atoms with Crippen LogP contribution in [-0.4, -0.2) is 4.57 Å². The van der Waals surface area contributed by atoms with E-state index in [1.165, 1.54) is 33.0 Å². The van der Waals surface area contributed by atoms with E-state index in [-0.39, 0.29) is 0 Å². The lowest BCUT2D eigenvalue weighted by molar-refractivity contribution is 0.854. The van der Waals surface area contributed by atoms with Gasteiger partial charge in [0.25, 0.3) is 0 Å². The van der Waals surface area contributed by atoms with Gasteiger partial charge < -0.3 is 4.57 Å². The molecule has 0 spiro atoms. The van der Waals surface area contributed by atoms with Crippen LogP contribution in [0.25, 0.3) is 23.3 Å². The molecular formula is C16H13N. The van der Waals surface area contributed by atoms with Crippen LogP contribution >= 0.6 is 0 Å². The molecule has 17 heavy (non-hydrogen) atoms. The lowest BCUT2D eigenvalue weighted by atomic mass is 9.99. The first-order valence-electron chi connectivity index (χ1n) is 6.02. The van der Waals surface area contributed by atoms with Crippen LogP contribution < -0.4 is 10.7 Å². The van der Waals surface area contributed by atoms with Gasteiger partial charge in [0, 0.05) is 23.3 Å². The van der Waals surface area contributed by atoms with E-state index < -0.39 is 0 Å². The Balaban J connectivity index is 2.20. The second-order valence-electron chi connectivity index (χ2n) is 4.71. The van der Waals surface area contributed by atoms with Crippen molar-refractivity contribution in [2.75, 3.05) is 0 Å². The van der Waals surface area contributed by atoms with Gasteiger partial charge in [-0.05, 0) is 35.3 Å². The smallest absolute Gasteiger partial charge is 0.0498 e. The molecule has 2 aromatic rings. The van der Waals surface area contributed by atoms with E-state index in [1.807, 2.05) is 0 Å². The molecule has 2 aliphatic carbocycles. The number of allylic oxidation sites excluding steroid dienone is 2. The number of aromatic nitrogens is 1. The molecule has 82 valence electrons. The summed E-state index contributed by atoms with van der Waals surface area (Å²) in [7, 11) is 2.16. The van der Waals surface area contributed by atoms with Crippen LogP contribution in [0.3, 0.4) is 0 Å². The summed E-state index contributed by atoms with van der Waals surface area (Å²) in [6, 6.07) is 8.67. The molecule has 1 aromatic heterocycles. The van der Waals surface area contributed by atoms with Crippen molar-refractivity contribution in [2.24, 2.45) is 7.05 Å². The van der Waals surface area contributed by atoms with Crippen molar-refractivity contribution < 1.29 is 0 Å². The number of nitrogens with zero attached hydrogens (tertiary/aromatic N) is 1. The molecule has 0 fully saturated rings. The Morgan fingerprint density at radius 2 is 2.00 bits per heavy atom. The predicted octanol–water partition coefficient (Wildman–Crippen LogP) is 1.73. The molecule has 0 unspecified atom stereocenters. The Morgan fingerprint density at radius 3 is 2.94 bits per heavy atom. The van der Waals surface area contributed by atoms with E-state index in [9.17, 15) is 0 Å². The second kappa shape index (κ2) is 3.01. The average Bonchev–Trinajstić information content (AvgIpc) is 2.88. The minimum atomic E-state index is 1.05. The number of rotatable bonds is 0. The van der Waals surface area contributed by atoms with Gasteiger partial charge in [-0.1, -0.05) is 36.4 Å². The van der Waals surface area contributed by atoms with Crippen molar-refractivity contribution in [3.8, 4) is 11.1 Å². The molecule has 0 saturated heterocycles. The molecule has 0 amide bonds. The fourth-order valence-corrected chi connectivity index (χ4v) is 3.01. The molecule has 1 heteroatoms. The first kappa shape index (κ1) is 9.06. The highest BCUT2D eigenvalue weighted by Gasteiger charge is 2.20. The Labute approximate surface area is 100 Å². The highest BCUT2D eigenvalue weighted by molar-refractivity contribution is 5.85.